The van der Waals surface area contributed by atoms with Gasteiger partial charge in [-0.05, 0) is 49.2 Å². The molecule has 0 fully saturated rings. The monoisotopic (exact) mass is 408 g/mol. The van der Waals surface area contributed by atoms with Gasteiger partial charge in [0.15, 0.2) is 5.65 Å². The predicted molar refractivity (Wildman–Crippen MR) is 111 cm³/mol. The number of aryl methyl sites for hydroxylation is 2. The molecule has 0 amide bonds. The summed E-state index contributed by atoms with van der Waals surface area (Å²) in [5.41, 5.74) is 2.60. The molecule has 0 spiro atoms. The molecule has 4 aromatic rings. The van der Waals surface area contributed by atoms with Crippen molar-refractivity contribution in [2.75, 3.05) is 6.61 Å². The van der Waals surface area contributed by atoms with Crippen LogP contribution in [0.5, 0.6) is 5.75 Å². The Bertz CT molecular complexity index is 1230. The van der Waals surface area contributed by atoms with Crippen molar-refractivity contribution in [3.63, 3.8) is 0 Å². The Hall–Kier alpha value is -3.52. The van der Waals surface area contributed by atoms with Crippen LogP contribution in [-0.2, 0) is 6.54 Å². The van der Waals surface area contributed by atoms with E-state index in [-0.39, 0.29) is 24.5 Å². The molecule has 2 aromatic carbocycles. The summed E-state index contributed by atoms with van der Waals surface area (Å²) >= 11 is 0. The first-order valence-corrected chi connectivity index (χ1v) is 9.50. The zero-order valence-corrected chi connectivity index (χ0v) is 16.6. The van der Waals surface area contributed by atoms with Crippen molar-refractivity contribution in [2.24, 2.45) is 0 Å². The van der Waals surface area contributed by atoms with Crippen LogP contribution in [0.2, 0.25) is 0 Å². The highest BCUT2D eigenvalue weighted by atomic mass is 19.1. The molecule has 154 valence electrons. The molecule has 0 unspecified atom stereocenters. The second kappa shape index (κ2) is 8.08. The van der Waals surface area contributed by atoms with E-state index in [1.165, 1.54) is 33.9 Å². The Morgan fingerprint density at radius 2 is 1.83 bits per heavy atom. The number of rotatable bonds is 6. The molecule has 0 radical (unpaired) electrons. The molecular weight excluding hydrogens is 387 g/mol. The number of benzene rings is 2. The number of hydrogen-bond acceptors (Lipinski definition) is 5. The highest BCUT2D eigenvalue weighted by Crippen LogP contribution is 2.22. The van der Waals surface area contributed by atoms with Crippen LogP contribution in [-0.4, -0.2) is 37.1 Å². The summed E-state index contributed by atoms with van der Waals surface area (Å²) in [5.74, 6) is 0.376. The number of fused-ring (bicyclic) bond motifs is 1. The molecule has 1 atom stereocenters. The van der Waals surface area contributed by atoms with Crippen molar-refractivity contribution < 1.29 is 14.2 Å². The van der Waals surface area contributed by atoms with E-state index in [9.17, 15) is 14.3 Å². The van der Waals surface area contributed by atoms with Crippen LogP contribution in [0.1, 0.15) is 11.1 Å². The molecule has 0 saturated heterocycles. The summed E-state index contributed by atoms with van der Waals surface area (Å²) in [6.45, 7) is 3.96. The van der Waals surface area contributed by atoms with E-state index in [0.717, 1.165) is 16.9 Å². The molecular formula is C22H21FN4O3. The SMILES string of the molecule is Cc1cccc(C)c1OC[C@@H](O)Cn1cnc2c(cnn2-c2ccc(F)cc2)c1=O. The van der Waals surface area contributed by atoms with Crippen LogP contribution in [0.3, 0.4) is 0 Å². The molecule has 8 heteroatoms. The largest absolute Gasteiger partial charge is 0.490 e. The van der Waals surface area contributed by atoms with Crippen LogP contribution >= 0.6 is 0 Å². The molecule has 2 aromatic heterocycles. The maximum atomic E-state index is 13.2. The van der Waals surface area contributed by atoms with Crippen LogP contribution in [0.4, 0.5) is 4.39 Å². The third kappa shape index (κ3) is 3.81. The topological polar surface area (TPSA) is 82.2 Å². The molecule has 30 heavy (non-hydrogen) atoms. The van der Waals surface area contributed by atoms with E-state index in [0.29, 0.717) is 16.7 Å². The Balaban J connectivity index is 1.53. The van der Waals surface area contributed by atoms with Gasteiger partial charge in [0.05, 0.1) is 18.4 Å². The minimum absolute atomic E-state index is 0.0361. The average Bonchev–Trinajstić information content (AvgIpc) is 3.15. The lowest BCUT2D eigenvalue weighted by molar-refractivity contribution is 0.0908. The molecule has 4 rings (SSSR count). The maximum absolute atomic E-state index is 13.2. The fourth-order valence-corrected chi connectivity index (χ4v) is 3.34. The number of aromatic nitrogens is 4. The van der Waals surface area contributed by atoms with Gasteiger partial charge in [0.2, 0.25) is 0 Å². The number of aliphatic hydroxyl groups is 1. The molecule has 1 N–H and O–H groups in total. The first-order valence-electron chi connectivity index (χ1n) is 9.50. The zero-order valence-electron chi connectivity index (χ0n) is 16.6. The highest BCUT2D eigenvalue weighted by Gasteiger charge is 2.15. The van der Waals surface area contributed by atoms with Gasteiger partial charge in [-0.15, -0.1) is 0 Å². The summed E-state index contributed by atoms with van der Waals surface area (Å²) in [7, 11) is 0. The van der Waals surface area contributed by atoms with E-state index >= 15 is 0 Å². The Labute approximate surface area is 172 Å². The third-order valence-electron chi connectivity index (χ3n) is 4.86. The van der Waals surface area contributed by atoms with Gasteiger partial charge in [-0.2, -0.15) is 5.10 Å². The molecule has 0 aliphatic rings. The van der Waals surface area contributed by atoms with Crippen molar-refractivity contribution in [3.8, 4) is 11.4 Å². The van der Waals surface area contributed by atoms with E-state index in [1.807, 2.05) is 32.0 Å². The summed E-state index contributed by atoms with van der Waals surface area (Å²) < 4.78 is 21.7. The Kier molecular flexibility index (Phi) is 5.33. The van der Waals surface area contributed by atoms with Gasteiger partial charge in [0.25, 0.3) is 5.56 Å². The molecule has 0 bridgehead atoms. The van der Waals surface area contributed by atoms with E-state index < -0.39 is 6.10 Å². The standard InChI is InChI=1S/C22H21FN4O3/c1-14-4-3-5-15(2)20(14)30-12-18(28)11-26-13-24-21-19(22(26)29)10-25-27(21)17-8-6-16(23)7-9-17/h3-10,13,18,28H,11-12H2,1-2H3/t18-/m0/s1. The van der Waals surface area contributed by atoms with E-state index in [1.54, 1.807) is 12.1 Å². The molecule has 0 saturated carbocycles. The molecule has 2 heterocycles. The smallest absolute Gasteiger partial charge is 0.264 e. The van der Waals surface area contributed by atoms with Gasteiger partial charge in [-0.3, -0.25) is 9.36 Å². The van der Waals surface area contributed by atoms with Crippen molar-refractivity contribution in [3.05, 3.63) is 82.3 Å². The van der Waals surface area contributed by atoms with Crippen molar-refractivity contribution >= 4 is 11.0 Å². The lowest BCUT2D eigenvalue weighted by Crippen LogP contribution is -2.30. The Morgan fingerprint density at radius 1 is 1.13 bits per heavy atom. The van der Waals surface area contributed by atoms with Crippen molar-refractivity contribution in [1.82, 2.24) is 19.3 Å². The summed E-state index contributed by atoms with van der Waals surface area (Å²) in [6, 6.07) is 11.6. The number of nitrogens with zero attached hydrogens (tertiary/aromatic N) is 4. The van der Waals surface area contributed by atoms with E-state index in [4.69, 9.17) is 4.74 Å². The van der Waals surface area contributed by atoms with Gasteiger partial charge < -0.3 is 9.84 Å². The predicted octanol–water partition coefficient (Wildman–Crippen LogP) is 2.78. The molecule has 7 nitrogen and oxygen atoms in total. The number of hydrogen-bond donors (Lipinski definition) is 1. The molecule has 0 aliphatic carbocycles. The summed E-state index contributed by atoms with van der Waals surface area (Å²) in [5, 5.41) is 14.9. The first kappa shape index (κ1) is 19.8. The van der Waals surface area contributed by atoms with Crippen molar-refractivity contribution in [1.29, 1.82) is 0 Å². The van der Waals surface area contributed by atoms with Gasteiger partial charge in [0.1, 0.15) is 36.0 Å². The van der Waals surface area contributed by atoms with Crippen molar-refractivity contribution in [2.45, 2.75) is 26.5 Å². The fraction of sp³-hybridized carbons (Fsp3) is 0.227. The number of ether oxygens (including phenoxy) is 1. The van der Waals surface area contributed by atoms with Gasteiger partial charge in [0, 0.05) is 0 Å². The van der Waals surface area contributed by atoms with Gasteiger partial charge in [-0.25, -0.2) is 14.1 Å². The van der Waals surface area contributed by atoms with Crippen LogP contribution in [0.15, 0.2) is 59.8 Å². The number of aliphatic hydroxyl groups excluding tert-OH is 1. The highest BCUT2D eigenvalue weighted by molar-refractivity contribution is 5.74. The lowest BCUT2D eigenvalue weighted by Gasteiger charge is -2.16. The minimum Gasteiger partial charge on any atom is -0.490 e. The lowest BCUT2D eigenvalue weighted by atomic mass is 10.1. The second-order valence-corrected chi connectivity index (χ2v) is 7.16. The van der Waals surface area contributed by atoms with Crippen LogP contribution in [0, 0.1) is 19.7 Å². The normalized spacial score (nSPS) is 12.3. The average molecular weight is 408 g/mol. The molecule has 0 aliphatic heterocycles. The number of halogens is 1. The van der Waals surface area contributed by atoms with Crippen LogP contribution in [0.25, 0.3) is 16.7 Å². The van der Waals surface area contributed by atoms with Crippen LogP contribution < -0.4 is 10.3 Å². The minimum atomic E-state index is -0.895. The summed E-state index contributed by atoms with van der Waals surface area (Å²) in [4.78, 5) is 17.1. The van der Waals surface area contributed by atoms with Gasteiger partial charge >= 0.3 is 0 Å². The second-order valence-electron chi connectivity index (χ2n) is 7.16. The third-order valence-corrected chi connectivity index (χ3v) is 4.86. The fourth-order valence-electron chi connectivity index (χ4n) is 3.34. The first-order chi connectivity index (χ1) is 14.4. The summed E-state index contributed by atoms with van der Waals surface area (Å²) in [6.07, 6.45) is 1.90. The number of para-hydroxylation sites is 1. The Morgan fingerprint density at radius 3 is 2.53 bits per heavy atom. The zero-order chi connectivity index (χ0) is 21.3. The quantitative estimate of drug-likeness (QED) is 0.531. The van der Waals surface area contributed by atoms with Gasteiger partial charge in [-0.1, -0.05) is 18.2 Å². The van der Waals surface area contributed by atoms with E-state index in [2.05, 4.69) is 10.1 Å². The maximum Gasteiger partial charge on any atom is 0.264 e.